The number of hydrogen-bond acceptors (Lipinski definition) is 6. The van der Waals surface area contributed by atoms with Gasteiger partial charge in [0, 0.05) is 17.7 Å². The van der Waals surface area contributed by atoms with Gasteiger partial charge in [-0.15, -0.1) is 21.5 Å². The van der Waals surface area contributed by atoms with E-state index in [0.717, 1.165) is 5.56 Å². The molecule has 0 saturated carbocycles. The van der Waals surface area contributed by atoms with Crippen molar-refractivity contribution in [3.8, 4) is 11.5 Å². The Morgan fingerprint density at radius 3 is 2.55 bits per heavy atom. The highest BCUT2D eigenvalue weighted by Gasteiger charge is 2.15. The van der Waals surface area contributed by atoms with Crippen molar-refractivity contribution in [3.05, 3.63) is 47.7 Å². The van der Waals surface area contributed by atoms with Gasteiger partial charge >= 0.3 is 0 Å². The van der Waals surface area contributed by atoms with E-state index in [2.05, 4.69) is 14.9 Å². The van der Waals surface area contributed by atoms with Gasteiger partial charge in [-0.05, 0) is 35.7 Å². The molecule has 8 heteroatoms. The lowest BCUT2D eigenvalue weighted by Gasteiger charge is -2.06. The van der Waals surface area contributed by atoms with Gasteiger partial charge in [-0.2, -0.15) is 0 Å². The summed E-state index contributed by atoms with van der Waals surface area (Å²) in [5, 5.41) is 9.57. The van der Waals surface area contributed by atoms with Crippen LogP contribution in [0.4, 0.5) is 5.69 Å². The maximum Gasteiger partial charge on any atom is 0.271 e. The van der Waals surface area contributed by atoms with E-state index in [-0.39, 0.29) is 4.21 Å². The van der Waals surface area contributed by atoms with Crippen molar-refractivity contribution in [1.82, 2.24) is 10.2 Å². The lowest BCUT2D eigenvalue weighted by Crippen LogP contribution is -2.11. The highest BCUT2D eigenvalue weighted by molar-refractivity contribution is 7.94. The second-order valence-corrected chi connectivity index (χ2v) is 7.33. The van der Waals surface area contributed by atoms with Crippen molar-refractivity contribution >= 4 is 27.0 Å². The molecule has 0 spiro atoms. The van der Waals surface area contributed by atoms with Crippen molar-refractivity contribution in [2.24, 2.45) is 0 Å². The molecule has 3 rings (SSSR count). The average Bonchev–Trinajstić information content (AvgIpc) is 3.19. The summed E-state index contributed by atoms with van der Waals surface area (Å²) in [5.74, 6) is 0.988. The number of rotatable bonds is 5. The Kier molecular flexibility index (Phi) is 3.95. The molecule has 0 aliphatic rings. The molecule has 0 unspecified atom stereocenters. The largest absolute Gasteiger partial charge is 0.421 e. The number of nitrogens with zero attached hydrogens (tertiary/aromatic N) is 2. The first-order chi connectivity index (χ1) is 10.6. The van der Waals surface area contributed by atoms with E-state index >= 15 is 0 Å². The minimum atomic E-state index is -3.53. The molecule has 1 N–H and O–H groups in total. The van der Waals surface area contributed by atoms with Gasteiger partial charge < -0.3 is 4.42 Å². The van der Waals surface area contributed by atoms with Gasteiger partial charge in [-0.1, -0.05) is 13.0 Å². The summed E-state index contributed by atoms with van der Waals surface area (Å²) in [5.41, 5.74) is 1.22. The minimum absolute atomic E-state index is 0.279. The maximum absolute atomic E-state index is 12.1. The number of nitrogens with one attached hydrogen (secondary N) is 1. The minimum Gasteiger partial charge on any atom is -0.421 e. The van der Waals surface area contributed by atoms with E-state index in [1.807, 2.05) is 6.92 Å². The van der Waals surface area contributed by atoms with Gasteiger partial charge in [0.05, 0.1) is 0 Å². The first-order valence-corrected chi connectivity index (χ1v) is 8.94. The maximum atomic E-state index is 12.1. The van der Waals surface area contributed by atoms with Crippen LogP contribution in [0.3, 0.4) is 0 Å². The third-order valence-electron chi connectivity index (χ3n) is 2.91. The van der Waals surface area contributed by atoms with Crippen molar-refractivity contribution in [2.45, 2.75) is 17.6 Å². The number of thiophene rings is 1. The normalized spacial score (nSPS) is 11.5. The van der Waals surface area contributed by atoms with Crippen LogP contribution in [0.15, 0.2) is 50.4 Å². The van der Waals surface area contributed by atoms with E-state index in [9.17, 15) is 8.42 Å². The summed E-state index contributed by atoms with van der Waals surface area (Å²) in [6.45, 7) is 1.93. The number of aromatic nitrogens is 2. The van der Waals surface area contributed by atoms with E-state index in [1.54, 1.807) is 41.8 Å². The Bertz CT molecular complexity index is 853. The zero-order valence-corrected chi connectivity index (χ0v) is 13.3. The molecular weight excluding hydrogens is 322 g/mol. The zero-order chi connectivity index (χ0) is 15.6. The van der Waals surface area contributed by atoms with Gasteiger partial charge in [0.15, 0.2) is 0 Å². The summed E-state index contributed by atoms with van der Waals surface area (Å²) in [6.07, 6.45) is 0.672. The summed E-state index contributed by atoms with van der Waals surface area (Å²) < 4.78 is 32.5. The first kappa shape index (κ1) is 14.7. The molecule has 22 heavy (non-hydrogen) atoms. The van der Waals surface area contributed by atoms with Gasteiger partial charge in [-0.3, -0.25) is 4.72 Å². The Morgan fingerprint density at radius 2 is 1.95 bits per heavy atom. The Balaban J connectivity index is 1.80. The molecule has 1 aromatic carbocycles. The highest BCUT2D eigenvalue weighted by atomic mass is 32.2. The van der Waals surface area contributed by atoms with Crippen molar-refractivity contribution in [1.29, 1.82) is 0 Å². The number of benzene rings is 1. The third kappa shape index (κ3) is 3.02. The fourth-order valence-electron chi connectivity index (χ4n) is 1.82. The van der Waals surface area contributed by atoms with Crippen LogP contribution in [-0.4, -0.2) is 18.6 Å². The van der Waals surface area contributed by atoms with Crippen molar-refractivity contribution in [3.63, 3.8) is 0 Å². The van der Waals surface area contributed by atoms with Crippen LogP contribution in [0.5, 0.6) is 0 Å². The Morgan fingerprint density at radius 1 is 1.18 bits per heavy atom. The van der Waals surface area contributed by atoms with Gasteiger partial charge in [0.1, 0.15) is 4.21 Å². The van der Waals surface area contributed by atoms with Gasteiger partial charge in [0.2, 0.25) is 11.8 Å². The van der Waals surface area contributed by atoms with Crippen LogP contribution in [0.1, 0.15) is 12.8 Å². The summed E-state index contributed by atoms with van der Waals surface area (Å²) in [4.78, 5) is 0. The molecule has 0 aliphatic carbocycles. The van der Waals surface area contributed by atoms with Gasteiger partial charge in [-0.25, -0.2) is 8.42 Å². The van der Waals surface area contributed by atoms with Gasteiger partial charge in [0.25, 0.3) is 10.0 Å². The first-order valence-electron chi connectivity index (χ1n) is 6.57. The molecule has 0 bridgehead atoms. The standard InChI is InChI=1S/C14H13N3O3S2/c1-2-12-15-16-14(20-12)10-5-7-11(8-6-10)17-22(18,19)13-4-3-9-21-13/h3-9,17H,2H2,1H3. The van der Waals surface area contributed by atoms with Crippen LogP contribution in [0.25, 0.3) is 11.5 Å². The lowest BCUT2D eigenvalue weighted by atomic mass is 10.2. The summed E-state index contributed by atoms with van der Waals surface area (Å²) >= 11 is 1.17. The fourth-order valence-corrected chi connectivity index (χ4v) is 3.87. The van der Waals surface area contributed by atoms with Crippen LogP contribution >= 0.6 is 11.3 Å². The Hall–Kier alpha value is -2.19. The van der Waals surface area contributed by atoms with Crippen LogP contribution in [0, 0.1) is 0 Å². The second-order valence-electron chi connectivity index (χ2n) is 4.47. The van der Waals surface area contributed by atoms with E-state index in [1.165, 1.54) is 11.3 Å². The monoisotopic (exact) mass is 335 g/mol. The quantitative estimate of drug-likeness (QED) is 0.774. The molecule has 0 aliphatic heterocycles. The molecule has 0 amide bonds. The molecule has 2 aromatic heterocycles. The number of sulfonamides is 1. The van der Waals surface area contributed by atoms with Crippen LogP contribution < -0.4 is 4.72 Å². The van der Waals surface area contributed by atoms with Crippen LogP contribution in [-0.2, 0) is 16.4 Å². The molecule has 2 heterocycles. The molecule has 0 saturated heterocycles. The predicted molar refractivity (Wildman–Crippen MR) is 84.2 cm³/mol. The zero-order valence-electron chi connectivity index (χ0n) is 11.7. The number of aryl methyl sites for hydroxylation is 1. The SMILES string of the molecule is CCc1nnc(-c2ccc(NS(=O)(=O)c3cccs3)cc2)o1. The third-order valence-corrected chi connectivity index (χ3v) is 5.69. The van der Waals surface area contributed by atoms with E-state index < -0.39 is 10.0 Å². The molecule has 114 valence electrons. The molecule has 6 nitrogen and oxygen atoms in total. The van der Waals surface area contributed by atoms with Crippen molar-refractivity contribution in [2.75, 3.05) is 4.72 Å². The fraction of sp³-hybridized carbons (Fsp3) is 0.143. The highest BCUT2D eigenvalue weighted by Crippen LogP contribution is 2.23. The Labute approximate surface area is 131 Å². The topological polar surface area (TPSA) is 85.1 Å². The second kappa shape index (κ2) is 5.90. The molecule has 3 aromatic rings. The average molecular weight is 335 g/mol. The molecule has 0 radical (unpaired) electrons. The molecular formula is C14H13N3O3S2. The van der Waals surface area contributed by atoms with E-state index in [4.69, 9.17) is 4.42 Å². The molecule has 0 fully saturated rings. The molecule has 0 atom stereocenters. The lowest BCUT2D eigenvalue weighted by molar-refractivity contribution is 0.513. The predicted octanol–water partition coefficient (Wildman–Crippen LogP) is 3.16. The van der Waals surface area contributed by atoms with Crippen molar-refractivity contribution < 1.29 is 12.8 Å². The van der Waals surface area contributed by atoms with E-state index in [0.29, 0.717) is 23.9 Å². The summed E-state index contributed by atoms with van der Waals surface area (Å²) in [6, 6.07) is 10.1. The number of hydrogen-bond donors (Lipinski definition) is 1. The van der Waals surface area contributed by atoms with Crippen LogP contribution in [0.2, 0.25) is 0 Å². The number of anilines is 1. The smallest absolute Gasteiger partial charge is 0.271 e. The summed E-state index contributed by atoms with van der Waals surface area (Å²) in [7, 11) is -3.53.